The molecule has 1 aromatic heterocycles. The average molecular weight is 420 g/mol. The summed E-state index contributed by atoms with van der Waals surface area (Å²) in [5.74, 6) is -0.333. The fourth-order valence-corrected chi connectivity index (χ4v) is 4.20. The first-order valence-electron chi connectivity index (χ1n) is 8.55. The quantitative estimate of drug-likeness (QED) is 0.596. The number of rotatable bonds is 8. The van der Waals surface area contributed by atoms with E-state index in [2.05, 4.69) is 15.5 Å². The van der Waals surface area contributed by atoms with Gasteiger partial charge in [-0.1, -0.05) is 59.2 Å². The lowest BCUT2D eigenvalue weighted by Gasteiger charge is -2.04. The summed E-state index contributed by atoms with van der Waals surface area (Å²) in [4.78, 5) is 12.0. The molecular weight excluding hydrogens is 402 g/mol. The molecule has 2 aromatic carbocycles. The van der Waals surface area contributed by atoms with Crippen molar-refractivity contribution in [2.45, 2.75) is 18.6 Å². The van der Waals surface area contributed by atoms with Gasteiger partial charge in [-0.3, -0.25) is 10.1 Å². The van der Waals surface area contributed by atoms with Gasteiger partial charge in [-0.25, -0.2) is 8.42 Å². The van der Waals surface area contributed by atoms with Gasteiger partial charge in [0.2, 0.25) is 5.91 Å². The Morgan fingerprint density at radius 3 is 2.50 bits per heavy atom. The van der Waals surface area contributed by atoms with Gasteiger partial charge in [0.05, 0.1) is 22.1 Å². The molecule has 0 fully saturated rings. The lowest BCUT2D eigenvalue weighted by molar-refractivity contribution is -0.116. The highest BCUT2D eigenvalue weighted by atomic mass is 35.5. The van der Waals surface area contributed by atoms with Gasteiger partial charge < -0.3 is 4.42 Å². The number of aromatic nitrogens is 2. The van der Waals surface area contributed by atoms with Crippen molar-refractivity contribution in [3.05, 3.63) is 65.2 Å². The third-order valence-electron chi connectivity index (χ3n) is 3.86. The Balaban J connectivity index is 1.49. The van der Waals surface area contributed by atoms with Crippen LogP contribution in [-0.2, 0) is 20.4 Å². The number of nitrogens with one attached hydrogen (secondary N) is 1. The van der Waals surface area contributed by atoms with Crippen LogP contribution in [0, 0.1) is 0 Å². The van der Waals surface area contributed by atoms with Crippen molar-refractivity contribution in [2.75, 3.05) is 11.1 Å². The number of nitrogens with zero attached hydrogens (tertiary/aromatic N) is 2. The Morgan fingerprint density at radius 1 is 1.04 bits per heavy atom. The third kappa shape index (κ3) is 5.64. The fraction of sp³-hybridized carbons (Fsp3) is 0.211. The number of carbonyl (C=O) groups excluding carboxylic acids is 1. The molecule has 28 heavy (non-hydrogen) atoms. The Labute approximate surface area is 167 Å². The Kier molecular flexibility index (Phi) is 6.43. The third-order valence-corrected chi connectivity index (χ3v) is 5.88. The smallest absolute Gasteiger partial charge is 0.322 e. The number of sulfone groups is 1. The van der Waals surface area contributed by atoms with Crippen molar-refractivity contribution >= 4 is 33.4 Å². The summed E-state index contributed by atoms with van der Waals surface area (Å²) in [5.41, 5.74) is 1.29. The molecule has 0 saturated carbocycles. The molecular formula is C19H18ClN3O4S. The molecule has 0 atom stereocenters. The zero-order chi connectivity index (χ0) is 20.0. The minimum atomic E-state index is -3.29. The molecule has 0 saturated heterocycles. The highest BCUT2D eigenvalue weighted by Crippen LogP contribution is 2.27. The molecule has 7 nitrogen and oxygen atoms in total. The molecule has 0 aliphatic heterocycles. The molecule has 0 aliphatic carbocycles. The van der Waals surface area contributed by atoms with Crippen molar-refractivity contribution in [2.24, 2.45) is 0 Å². The second-order valence-corrected chi connectivity index (χ2v) is 8.71. The van der Waals surface area contributed by atoms with Gasteiger partial charge in [-0.2, -0.15) is 0 Å². The van der Waals surface area contributed by atoms with Gasteiger partial charge >= 0.3 is 6.01 Å². The van der Waals surface area contributed by atoms with E-state index < -0.39 is 15.7 Å². The molecule has 3 rings (SSSR count). The van der Waals surface area contributed by atoms with E-state index in [1.54, 1.807) is 48.5 Å². The van der Waals surface area contributed by atoms with Gasteiger partial charge in [-0.15, -0.1) is 5.10 Å². The second-order valence-electron chi connectivity index (χ2n) is 6.12. The molecule has 3 aromatic rings. The van der Waals surface area contributed by atoms with E-state index in [-0.39, 0.29) is 36.3 Å². The van der Waals surface area contributed by atoms with Crippen LogP contribution in [0.25, 0.3) is 11.5 Å². The summed E-state index contributed by atoms with van der Waals surface area (Å²) in [6.45, 7) is 0. The van der Waals surface area contributed by atoms with Gasteiger partial charge in [0, 0.05) is 6.42 Å². The Bertz CT molecular complexity index is 1050. The minimum Gasteiger partial charge on any atom is -0.403 e. The standard InChI is InChI=1S/C19H18ClN3O4S/c20-16-10-5-4-9-15(16)18-22-23-19(27-18)21-17(24)11-6-12-28(25,26)13-14-7-2-1-3-8-14/h1-5,7-10H,6,11-13H2,(H,21,23,24). The van der Waals surface area contributed by atoms with Crippen molar-refractivity contribution in [3.63, 3.8) is 0 Å². The van der Waals surface area contributed by atoms with Crippen LogP contribution in [0.1, 0.15) is 18.4 Å². The first-order chi connectivity index (χ1) is 13.4. The maximum Gasteiger partial charge on any atom is 0.322 e. The molecule has 0 spiro atoms. The fourth-order valence-electron chi connectivity index (χ4n) is 2.55. The lowest BCUT2D eigenvalue weighted by Crippen LogP contribution is -2.15. The highest BCUT2D eigenvalue weighted by molar-refractivity contribution is 7.90. The average Bonchev–Trinajstić information content (AvgIpc) is 3.10. The molecule has 0 radical (unpaired) electrons. The minimum absolute atomic E-state index is 0.0256. The van der Waals surface area contributed by atoms with Crippen LogP contribution in [0.4, 0.5) is 6.01 Å². The molecule has 0 aliphatic rings. The largest absolute Gasteiger partial charge is 0.403 e. The van der Waals surface area contributed by atoms with E-state index in [4.69, 9.17) is 16.0 Å². The predicted molar refractivity (Wildman–Crippen MR) is 107 cm³/mol. The molecule has 1 heterocycles. The van der Waals surface area contributed by atoms with Crippen LogP contribution < -0.4 is 5.32 Å². The van der Waals surface area contributed by atoms with Crippen molar-refractivity contribution in [3.8, 4) is 11.5 Å². The molecule has 146 valence electrons. The lowest BCUT2D eigenvalue weighted by atomic mass is 10.2. The molecule has 1 amide bonds. The van der Waals surface area contributed by atoms with Crippen molar-refractivity contribution < 1.29 is 17.6 Å². The predicted octanol–water partition coefficient (Wildman–Crippen LogP) is 3.72. The topological polar surface area (TPSA) is 102 Å². The van der Waals surface area contributed by atoms with E-state index in [1.807, 2.05) is 6.07 Å². The number of benzene rings is 2. The Morgan fingerprint density at radius 2 is 1.75 bits per heavy atom. The first kappa shape index (κ1) is 20.0. The number of halogens is 1. The molecule has 1 N–H and O–H groups in total. The van der Waals surface area contributed by atoms with E-state index in [9.17, 15) is 13.2 Å². The molecule has 9 heteroatoms. The SMILES string of the molecule is O=C(CCCS(=O)(=O)Cc1ccccc1)Nc1nnc(-c2ccccc2Cl)o1. The van der Waals surface area contributed by atoms with Crippen LogP contribution in [0.2, 0.25) is 5.02 Å². The van der Waals surface area contributed by atoms with E-state index >= 15 is 0 Å². The maximum absolute atomic E-state index is 12.1. The van der Waals surface area contributed by atoms with E-state index in [1.165, 1.54) is 0 Å². The summed E-state index contributed by atoms with van der Waals surface area (Å²) >= 11 is 6.07. The zero-order valence-corrected chi connectivity index (χ0v) is 16.4. The normalized spacial score (nSPS) is 11.3. The van der Waals surface area contributed by atoms with Gasteiger partial charge in [0.15, 0.2) is 9.84 Å². The highest BCUT2D eigenvalue weighted by Gasteiger charge is 2.15. The van der Waals surface area contributed by atoms with E-state index in [0.29, 0.717) is 10.6 Å². The summed E-state index contributed by atoms with van der Waals surface area (Å²) in [6, 6.07) is 15.8. The summed E-state index contributed by atoms with van der Waals surface area (Å²) < 4.78 is 29.7. The van der Waals surface area contributed by atoms with Crippen LogP contribution in [-0.4, -0.2) is 30.3 Å². The maximum atomic E-state index is 12.1. The van der Waals surface area contributed by atoms with Crippen LogP contribution in [0.3, 0.4) is 0 Å². The van der Waals surface area contributed by atoms with Crippen LogP contribution >= 0.6 is 11.6 Å². The monoisotopic (exact) mass is 419 g/mol. The second kappa shape index (κ2) is 8.99. The molecule has 0 bridgehead atoms. The number of carbonyl (C=O) groups is 1. The van der Waals surface area contributed by atoms with Crippen molar-refractivity contribution in [1.29, 1.82) is 0 Å². The van der Waals surface area contributed by atoms with Gasteiger partial charge in [0.25, 0.3) is 5.89 Å². The number of anilines is 1. The van der Waals surface area contributed by atoms with E-state index in [0.717, 1.165) is 5.56 Å². The summed E-state index contributed by atoms with van der Waals surface area (Å²) in [7, 11) is -3.29. The zero-order valence-electron chi connectivity index (χ0n) is 14.8. The number of hydrogen-bond acceptors (Lipinski definition) is 6. The van der Waals surface area contributed by atoms with Crippen LogP contribution in [0.5, 0.6) is 0 Å². The summed E-state index contributed by atoms with van der Waals surface area (Å²) in [5, 5.41) is 10.5. The molecule has 0 unspecified atom stereocenters. The number of hydrogen-bond donors (Lipinski definition) is 1. The van der Waals surface area contributed by atoms with Gasteiger partial charge in [-0.05, 0) is 24.1 Å². The van der Waals surface area contributed by atoms with Gasteiger partial charge in [0.1, 0.15) is 0 Å². The van der Waals surface area contributed by atoms with Crippen LogP contribution in [0.15, 0.2) is 59.0 Å². The first-order valence-corrected chi connectivity index (χ1v) is 10.8. The number of amides is 1. The van der Waals surface area contributed by atoms with Crippen molar-refractivity contribution in [1.82, 2.24) is 10.2 Å². The Hall–Kier alpha value is -2.71. The summed E-state index contributed by atoms with van der Waals surface area (Å²) in [6.07, 6.45) is 0.227.